The number of nitrogens with zero attached hydrogens (tertiary/aromatic N) is 1. The fraction of sp³-hybridized carbons (Fsp3) is 0.429. The van der Waals surface area contributed by atoms with Crippen LogP contribution >= 0.6 is 0 Å². The smallest absolute Gasteiger partial charge is 0.261 e. The molecule has 0 fully saturated rings. The zero-order valence-electron chi connectivity index (χ0n) is 10.7. The van der Waals surface area contributed by atoms with E-state index in [0.717, 1.165) is 12.8 Å². The van der Waals surface area contributed by atoms with Crippen molar-refractivity contribution in [2.75, 3.05) is 13.7 Å². The van der Waals surface area contributed by atoms with E-state index in [1.54, 1.807) is 31.4 Å². The lowest BCUT2D eigenvalue weighted by atomic mass is 10.1. The number of amides is 2. The van der Waals surface area contributed by atoms with Crippen LogP contribution in [0.2, 0.25) is 0 Å². The molecule has 4 heteroatoms. The van der Waals surface area contributed by atoms with Crippen LogP contribution in [0.25, 0.3) is 0 Å². The Balaban J connectivity index is 2.31. The Morgan fingerprint density at radius 3 is 2.17 bits per heavy atom. The van der Waals surface area contributed by atoms with Crippen molar-refractivity contribution in [2.45, 2.75) is 25.8 Å². The third kappa shape index (κ3) is 2.04. The Kier molecular flexibility index (Phi) is 3.77. The number of fused-ring (bicyclic) bond motifs is 1. The minimum Gasteiger partial charge on any atom is -0.383 e. The molecule has 0 radical (unpaired) electrons. The van der Waals surface area contributed by atoms with Crippen LogP contribution in [0.5, 0.6) is 0 Å². The molecule has 2 rings (SSSR count). The number of methoxy groups -OCH3 is 1. The average Bonchev–Trinajstić information content (AvgIpc) is 2.63. The maximum Gasteiger partial charge on any atom is 0.261 e. The van der Waals surface area contributed by atoms with E-state index < -0.39 is 0 Å². The molecule has 0 saturated heterocycles. The standard InChI is InChI=1S/C14H17NO3/c1-3-6-10(9-18-2)15-13(16)11-7-4-5-8-12(11)14(15)17/h4-5,7-8,10H,3,6,9H2,1-2H3. The van der Waals surface area contributed by atoms with Gasteiger partial charge in [-0.05, 0) is 18.6 Å². The van der Waals surface area contributed by atoms with Crippen LogP contribution in [-0.4, -0.2) is 36.5 Å². The van der Waals surface area contributed by atoms with Gasteiger partial charge in [0.2, 0.25) is 0 Å². The number of carbonyl (C=O) groups excluding carboxylic acids is 2. The molecule has 1 aliphatic heterocycles. The van der Waals surface area contributed by atoms with Crippen molar-refractivity contribution < 1.29 is 14.3 Å². The van der Waals surface area contributed by atoms with E-state index in [2.05, 4.69) is 0 Å². The Morgan fingerprint density at radius 2 is 1.72 bits per heavy atom. The van der Waals surface area contributed by atoms with Crippen LogP contribution in [0.4, 0.5) is 0 Å². The van der Waals surface area contributed by atoms with E-state index in [0.29, 0.717) is 17.7 Å². The van der Waals surface area contributed by atoms with Crippen molar-refractivity contribution in [2.24, 2.45) is 0 Å². The largest absolute Gasteiger partial charge is 0.383 e. The van der Waals surface area contributed by atoms with E-state index in [-0.39, 0.29) is 17.9 Å². The normalized spacial score (nSPS) is 16.0. The van der Waals surface area contributed by atoms with Gasteiger partial charge in [-0.2, -0.15) is 0 Å². The van der Waals surface area contributed by atoms with Crippen molar-refractivity contribution in [1.29, 1.82) is 0 Å². The van der Waals surface area contributed by atoms with Crippen molar-refractivity contribution in [3.63, 3.8) is 0 Å². The predicted octanol–water partition coefficient (Wildman–Crippen LogP) is 2.10. The lowest BCUT2D eigenvalue weighted by molar-refractivity contribution is 0.0458. The van der Waals surface area contributed by atoms with Gasteiger partial charge in [-0.3, -0.25) is 14.5 Å². The summed E-state index contributed by atoms with van der Waals surface area (Å²) in [5.74, 6) is -0.405. The van der Waals surface area contributed by atoms with E-state index in [1.807, 2.05) is 6.92 Å². The molecule has 0 saturated carbocycles. The summed E-state index contributed by atoms with van der Waals surface area (Å²) in [6.07, 6.45) is 1.67. The van der Waals surface area contributed by atoms with Gasteiger partial charge in [0.1, 0.15) is 0 Å². The summed E-state index contributed by atoms with van der Waals surface area (Å²) in [5.41, 5.74) is 0.999. The average molecular weight is 247 g/mol. The highest BCUT2D eigenvalue weighted by molar-refractivity contribution is 6.21. The fourth-order valence-corrected chi connectivity index (χ4v) is 2.35. The van der Waals surface area contributed by atoms with Crippen molar-refractivity contribution in [1.82, 2.24) is 4.90 Å². The number of imide groups is 1. The Bertz CT molecular complexity index is 429. The minimum atomic E-state index is -0.203. The molecule has 0 aromatic heterocycles. The first-order valence-electron chi connectivity index (χ1n) is 6.16. The maximum atomic E-state index is 12.2. The predicted molar refractivity (Wildman–Crippen MR) is 67.5 cm³/mol. The fourth-order valence-electron chi connectivity index (χ4n) is 2.35. The van der Waals surface area contributed by atoms with Crippen LogP contribution in [0.15, 0.2) is 24.3 Å². The minimum absolute atomic E-state index is 0.174. The first-order valence-corrected chi connectivity index (χ1v) is 6.16. The molecule has 0 aliphatic carbocycles. The number of hydrogen-bond donors (Lipinski definition) is 0. The zero-order valence-corrected chi connectivity index (χ0v) is 10.7. The number of benzene rings is 1. The first kappa shape index (κ1) is 12.8. The number of carbonyl (C=O) groups is 2. The molecule has 2 amide bonds. The SMILES string of the molecule is CCCC(COC)N1C(=O)c2ccccc2C1=O. The van der Waals surface area contributed by atoms with Gasteiger partial charge in [0.05, 0.1) is 23.8 Å². The van der Waals surface area contributed by atoms with E-state index in [1.165, 1.54) is 4.90 Å². The third-order valence-electron chi connectivity index (χ3n) is 3.17. The highest BCUT2D eigenvalue weighted by atomic mass is 16.5. The van der Waals surface area contributed by atoms with Crippen LogP contribution in [0.3, 0.4) is 0 Å². The summed E-state index contributed by atoms with van der Waals surface area (Å²) >= 11 is 0. The molecule has 1 atom stereocenters. The number of ether oxygens (including phenoxy) is 1. The van der Waals surface area contributed by atoms with Gasteiger partial charge in [0.15, 0.2) is 0 Å². The quantitative estimate of drug-likeness (QED) is 0.748. The van der Waals surface area contributed by atoms with E-state index >= 15 is 0 Å². The molecule has 0 N–H and O–H groups in total. The molecule has 0 spiro atoms. The lowest BCUT2D eigenvalue weighted by Crippen LogP contribution is -2.42. The highest BCUT2D eigenvalue weighted by Crippen LogP contribution is 2.25. The molecule has 1 heterocycles. The Hall–Kier alpha value is -1.68. The van der Waals surface area contributed by atoms with Gasteiger partial charge in [-0.15, -0.1) is 0 Å². The summed E-state index contributed by atoms with van der Waals surface area (Å²) in [5, 5.41) is 0. The summed E-state index contributed by atoms with van der Waals surface area (Å²) < 4.78 is 5.12. The monoisotopic (exact) mass is 247 g/mol. The molecular weight excluding hydrogens is 230 g/mol. The second-order valence-electron chi connectivity index (χ2n) is 4.42. The van der Waals surface area contributed by atoms with Gasteiger partial charge in [-0.25, -0.2) is 0 Å². The van der Waals surface area contributed by atoms with Crippen LogP contribution in [0, 0.1) is 0 Å². The lowest BCUT2D eigenvalue weighted by Gasteiger charge is -2.25. The van der Waals surface area contributed by atoms with Crippen molar-refractivity contribution in [3.8, 4) is 0 Å². The third-order valence-corrected chi connectivity index (χ3v) is 3.17. The molecule has 1 aromatic rings. The van der Waals surface area contributed by atoms with Gasteiger partial charge in [0, 0.05) is 7.11 Å². The van der Waals surface area contributed by atoms with Gasteiger partial charge in [0.25, 0.3) is 11.8 Å². The van der Waals surface area contributed by atoms with Gasteiger partial charge < -0.3 is 4.74 Å². The van der Waals surface area contributed by atoms with Crippen LogP contribution in [0.1, 0.15) is 40.5 Å². The topological polar surface area (TPSA) is 46.6 Å². The Labute approximate surface area is 107 Å². The zero-order chi connectivity index (χ0) is 13.1. The number of rotatable bonds is 5. The summed E-state index contributed by atoms with van der Waals surface area (Å²) in [7, 11) is 1.58. The van der Waals surface area contributed by atoms with Crippen molar-refractivity contribution in [3.05, 3.63) is 35.4 Å². The van der Waals surface area contributed by atoms with Crippen molar-refractivity contribution >= 4 is 11.8 Å². The number of hydrogen-bond acceptors (Lipinski definition) is 3. The highest BCUT2D eigenvalue weighted by Gasteiger charge is 2.39. The maximum absolute atomic E-state index is 12.2. The second kappa shape index (κ2) is 5.31. The Morgan fingerprint density at radius 1 is 1.17 bits per heavy atom. The molecular formula is C14H17NO3. The summed E-state index contributed by atoms with van der Waals surface area (Å²) in [6, 6.07) is 6.78. The van der Waals surface area contributed by atoms with Gasteiger partial charge >= 0.3 is 0 Å². The van der Waals surface area contributed by atoms with Crippen LogP contribution in [-0.2, 0) is 4.74 Å². The molecule has 4 nitrogen and oxygen atoms in total. The molecule has 18 heavy (non-hydrogen) atoms. The first-order chi connectivity index (χ1) is 8.70. The second-order valence-corrected chi connectivity index (χ2v) is 4.42. The van der Waals surface area contributed by atoms with E-state index in [9.17, 15) is 9.59 Å². The molecule has 1 unspecified atom stereocenters. The summed E-state index contributed by atoms with van der Waals surface area (Å²) in [4.78, 5) is 25.8. The molecule has 96 valence electrons. The molecule has 1 aliphatic rings. The van der Waals surface area contributed by atoms with Crippen LogP contribution < -0.4 is 0 Å². The molecule has 0 bridgehead atoms. The summed E-state index contributed by atoms with van der Waals surface area (Å²) in [6.45, 7) is 2.42. The van der Waals surface area contributed by atoms with Gasteiger partial charge in [-0.1, -0.05) is 25.5 Å². The van der Waals surface area contributed by atoms with E-state index in [4.69, 9.17) is 4.74 Å². The molecule has 1 aromatic carbocycles.